The first-order valence-electron chi connectivity index (χ1n) is 21.4. The van der Waals surface area contributed by atoms with Crippen molar-refractivity contribution in [3.8, 4) is 15.4 Å². The van der Waals surface area contributed by atoms with E-state index >= 15 is 0 Å². The van der Waals surface area contributed by atoms with Crippen LogP contribution in [-0.2, 0) is 46.4 Å². The second-order valence-electron chi connectivity index (χ2n) is 15.5. The van der Waals surface area contributed by atoms with Crippen molar-refractivity contribution in [2.75, 3.05) is 46.1 Å². The average molecular weight is 932 g/mol. The molecular weight excluding hydrogens is 876 g/mol. The quantitative estimate of drug-likeness (QED) is 0.0382. The number of nitrogens with zero attached hydrogens (tertiary/aromatic N) is 5. The van der Waals surface area contributed by atoms with Crippen LogP contribution < -0.4 is 10.6 Å². The third-order valence-corrected chi connectivity index (χ3v) is 13.5. The summed E-state index contributed by atoms with van der Waals surface area (Å²) in [5, 5.41) is 24.9. The van der Waals surface area contributed by atoms with Gasteiger partial charge in [-0.3, -0.25) is 29.2 Å². The zero-order valence-corrected chi connectivity index (χ0v) is 39.2. The molecule has 3 aromatic heterocycles. The van der Waals surface area contributed by atoms with Gasteiger partial charge in [-0.1, -0.05) is 54.9 Å². The van der Waals surface area contributed by atoms with E-state index in [0.717, 1.165) is 48.3 Å². The van der Waals surface area contributed by atoms with E-state index in [1.807, 2.05) is 81.1 Å². The Bertz CT molecular complexity index is 2410. The van der Waals surface area contributed by atoms with Crippen LogP contribution in [0.2, 0.25) is 5.02 Å². The van der Waals surface area contributed by atoms with Gasteiger partial charge in [-0.05, 0) is 82.2 Å². The summed E-state index contributed by atoms with van der Waals surface area (Å²) in [7, 11) is 0. The number of hydrogen-bond donors (Lipinski definition) is 3. The van der Waals surface area contributed by atoms with Gasteiger partial charge in [0.2, 0.25) is 17.7 Å². The second-order valence-corrected chi connectivity index (χ2v) is 18.0. The highest BCUT2D eigenvalue weighted by molar-refractivity contribution is 7.15. The largest absolute Gasteiger partial charge is 0.463 e. The van der Waals surface area contributed by atoms with Gasteiger partial charge in [0.05, 0.1) is 40.9 Å². The molecule has 0 bridgehead atoms. The van der Waals surface area contributed by atoms with Gasteiger partial charge in [0.25, 0.3) is 0 Å². The van der Waals surface area contributed by atoms with Gasteiger partial charge in [0.1, 0.15) is 35.9 Å². The van der Waals surface area contributed by atoms with E-state index in [4.69, 9.17) is 31.2 Å². The number of benzene rings is 2. The molecule has 2 atom stereocenters. The van der Waals surface area contributed by atoms with Crippen LogP contribution in [0.1, 0.15) is 77.1 Å². The molecule has 3 N–H and O–H groups in total. The average Bonchev–Trinajstić information content (AvgIpc) is 4.10. The first-order valence-corrected chi connectivity index (χ1v) is 23.4. The Morgan fingerprint density at radius 1 is 0.953 bits per heavy atom. The number of rotatable bonds is 22. The van der Waals surface area contributed by atoms with Crippen LogP contribution in [-0.4, -0.2) is 106 Å². The van der Waals surface area contributed by atoms with Crippen LogP contribution in [0, 0.1) is 39.0 Å². The normalized spacial score (nSPS) is 14.1. The fraction of sp³-hybridized carbons (Fsp3) is 0.435. The van der Waals surface area contributed by atoms with E-state index in [9.17, 15) is 19.2 Å². The summed E-state index contributed by atoms with van der Waals surface area (Å²) in [6.45, 7) is 11.0. The number of carbonyl (C=O) groups excluding carboxylic acids is 4. The maximum Gasteiger partial charge on any atom is 0.309 e. The third-order valence-electron chi connectivity index (χ3n) is 11.1. The fourth-order valence-corrected chi connectivity index (χ4v) is 9.58. The van der Waals surface area contributed by atoms with Crippen LogP contribution in [0.25, 0.3) is 15.4 Å². The Balaban J connectivity index is 0.848. The highest BCUT2D eigenvalue weighted by atomic mass is 35.5. The number of carbonyl (C=O) groups is 4. The summed E-state index contributed by atoms with van der Waals surface area (Å²) >= 11 is 9.26. The number of nitrogens with one attached hydrogen (secondary N) is 3. The zero-order chi connectivity index (χ0) is 45.8. The number of esters is 1. The molecule has 0 saturated carbocycles. The number of ether oxygens (including phenoxy) is 3. The lowest BCUT2D eigenvalue weighted by Crippen LogP contribution is -2.49. The molecule has 3 amide bonds. The summed E-state index contributed by atoms with van der Waals surface area (Å²) in [4.78, 5) is 59.6. The minimum atomic E-state index is -0.585. The topological polar surface area (TPSA) is 191 Å². The highest BCUT2D eigenvalue weighted by Crippen LogP contribution is 2.35. The van der Waals surface area contributed by atoms with Gasteiger partial charge in [-0.2, -0.15) is 0 Å². The van der Waals surface area contributed by atoms with E-state index in [-0.39, 0.29) is 50.8 Å². The highest BCUT2D eigenvalue weighted by Gasteiger charge is 2.34. The van der Waals surface area contributed by atoms with Gasteiger partial charge in [0.15, 0.2) is 0 Å². The monoisotopic (exact) mass is 930 g/mol. The fourth-order valence-electron chi connectivity index (χ4n) is 7.41. The predicted octanol–water partition coefficient (Wildman–Crippen LogP) is 6.71. The summed E-state index contributed by atoms with van der Waals surface area (Å²) in [5.41, 5.74) is 7.73. The van der Waals surface area contributed by atoms with Crippen molar-refractivity contribution in [3.05, 3.63) is 104 Å². The van der Waals surface area contributed by atoms with Crippen LogP contribution >= 0.6 is 34.3 Å². The Kier molecular flexibility index (Phi) is 17.3. The molecule has 1 saturated heterocycles. The Labute approximate surface area is 386 Å². The van der Waals surface area contributed by atoms with E-state index in [0.29, 0.717) is 74.2 Å². The molecule has 0 aliphatic carbocycles. The van der Waals surface area contributed by atoms with Gasteiger partial charge in [0, 0.05) is 53.8 Å². The number of amides is 3. The molecule has 15 nitrogen and oxygen atoms in total. The molecule has 2 aromatic carbocycles. The van der Waals surface area contributed by atoms with Gasteiger partial charge < -0.3 is 29.7 Å². The molecule has 5 aromatic rings. The molecule has 1 aliphatic rings. The first-order chi connectivity index (χ1) is 30.9. The first kappa shape index (κ1) is 48.1. The SMILES string of the molecule is CC[C@H](Cc1nnc(C)n1-c1sc(C)c(C)c1C(=N)c1ccc(Cl)cc1)C(=O)OCCOCCCOCC(=O)NCC(=O)N1CCCC1C(=O)NCc1ccc(-c2scnc2C)cc1. The molecule has 0 spiro atoms. The zero-order valence-electron chi connectivity index (χ0n) is 36.8. The van der Waals surface area contributed by atoms with E-state index in [2.05, 4.69) is 25.8 Å². The smallest absolute Gasteiger partial charge is 0.309 e. The van der Waals surface area contributed by atoms with Gasteiger partial charge >= 0.3 is 5.97 Å². The van der Waals surface area contributed by atoms with Crippen LogP contribution in [0.4, 0.5) is 0 Å². The van der Waals surface area contributed by atoms with Crippen molar-refractivity contribution in [1.82, 2.24) is 35.3 Å². The molecule has 0 radical (unpaired) electrons. The van der Waals surface area contributed by atoms with Gasteiger partial charge in [-0.25, -0.2) is 4.98 Å². The minimum Gasteiger partial charge on any atom is -0.463 e. The minimum absolute atomic E-state index is 0.0751. The number of likely N-dealkylation sites (tertiary alicyclic amines) is 1. The molecule has 340 valence electrons. The number of thiazole rings is 1. The Morgan fingerprint density at radius 3 is 2.42 bits per heavy atom. The van der Waals surface area contributed by atoms with E-state index in [1.54, 1.807) is 34.8 Å². The number of aromatic nitrogens is 4. The van der Waals surface area contributed by atoms with Crippen molar-refractivity contribution >= 4 is 63.7 Å². The molecule has 4 heterocycles. The standard InChI is InChI=1S/C46H55ClN8O7S2/c1-6-33(23-38-53-52-31(5)55(38)45-41(28(2)30(4)64-45)42(48)34-14-16-36(47)17-15-34)46(59)62-22-21-60-19-8-20-61-26-39(56)49-25-40(57)54-18-7-9-37(54)44(58)50-24-32-10-12-35(13-11-32)43-29(3)51-27-63-43/h10-17,27,33,37,48H,6-9,18-26H2,1-5H3,(H,49,56)(H,50,58)/t33-,37?/m1/s1. The second kappa shape index (κ2) is 23.0. The lowest BCUT2D eigenvalue weighted by Gasteiger charge is -2.24. The lowest BCUT2D eigenvalue weighted by molar-refractivity contribution is -0.150. The van der Waals surface area contributed by atoms with Crippen molar-refractivity contribution in [1.29, 1.82) is 5.41 Å². The van der Waals surface area contributed by atoms with Crippen molar-refractivity contribution in [2.45, 2.75) is 79.3 Å². The predicted molar refractivity (Wildman–Crippen MR) is 247 cm³/mol. The summed E-state index contributed by atoms with van der Waals surface area (Å²) in [5.74, 6) is -0.527. The van der Waals surface area contributed by atoms with Crippen LogP contribution in [0.5, 0.6) is 0 Å². The lowest BCUT2D eigenvalue weighted by atomic mass is 9.99. The molecule has 1 fully saturated rings. The van der Waals surface area contributed by atoms with Crippen LogP contribution in [0.3, 0.4) is 0 Å². The summed E-state index contributed by atoms with van der Waals surface area (Å²) in [6.07, 6.45) is 2.61. The number of aryl methyl sites for hydroxylation is 3. The van der Waals surface area contributed by atoms with E-state index in [1.165, 1.54) is 4.90 Å². The van der Waals surface area contributed by atoms with Crippen LogP contribution in [0.15, 0.2) is 54.0 Å². The number of hydrogen-bond acceptors (Lipinski definition) is 13. The molecule has 1 unspecified atom stereocenters. The van der Waals surface area contributed by atoms with Gasteiger partial charge in [-0.15, -0.1) is 32.9 Å². The van der Waals surface area contributed by atoms with E-state index < -0.39 is 17.9 Å². The molecule has 18 heteroatoms. The third kappa shape index (κ3) is 12.3. The van der Waals surface area contributed by atoms with Crippen molar-refractivity contribution in [2.24, 2.45) is 5.92 Å². The van der Waals surface area contributed by atoms with Crippen molar-refractivity contribution in [3.63, 3.8) is 0 Å². The maximum absolute atomic E-state index is 13.2. The Morgan fingerprint density at radius 2 is 1.70 bits per heavy atom. The Hall–Kier alpha value is -5.33. The number of halogens is 1. The molecule has 64 heavy (non-hydrogen) atoms. The summed E-state index contributed by atoms with van der Waals surface area (Å²) < 4.78 is 18.6. The van der Waals surface area contributed by atoms with Crippen molar-refractivity contribution < 1.29 is 33.4 Å². The molecule has 6 rings (SSSR count). The summed E-state index contributed by atoms with van der Waals surface area (Å²) in [6, 6.07) is 14.6. The number of thiophene rings is 1. The maximum atomic E-state index is 13.2. The molecular formula is C46H55ClN8O7S2. The molecule has 1 aliphatic heterocycles.